The summed E-state index contributed by atoms with van der Waals surface area (Å²) in [6, 6.07) is 2.10. The van der Waals surface area contributed by atoms with Crippen LogP contribution in [0, 0.1) is 4.78 Å². The van der Waals surface area contributed by atoms with Crippen LogP contribution in [-0.2, 0) is 23.9 Å². The summed E-state index contributed by atoms with van der Waals surface area (Å²) in [5, 5.41) is 0. The van der Waals surface area contributed by atoms with Crippen LogP contribution < -0.4 is 9.80 Å². The van der Waals surface area contributed by atoms with Gasteiger partial charge in [-0.25, -0.2) is 9.19 Å². The summed E-state index contributed by atoms with van der Waals surface area (Å²) in [6.45, 7) is 10.5. The van der Waals surface area contributed by atoms with Crippen molar-refractivity contribution in [3.63, 3.8) is 0 Å². The van der Waals surface area contributed by atoms with E-state index in [2.05, 4.69) is 16.7 Å². The van der Waals surface area contributed by atoms with Crippen LogP contribution in [0.4, 0.5) is 11.8 Å². The molecule has 3 rings (SSSR count). The maximum Gasteiger partial charge on any atom is 0.227 e. The number of hydrogen-bond acceptors (Lipinski definition) is 8. The predicted octanol–water partition coefficient (Wildman–Crippen LogP) is 1.45. The Labute approximate surface area is 155 Å². The molecule has 0 bridgehead atoms. The average Bonchev–Trinajstić information content (AvgIpc) is 2.61. The summed E-state index contributed by atoms with van der Waals surface area (Å²) in [7, 11) is -2.84. The Morgan fingerprint density at radius 2 is 1.85 bits per heavy atom. The minimum Gasteiger partial charge on any atom is -0.378 e. The fourth-order valence-electron chi connectivity index (χ4n) is 3.05. The van der Waals surface area contributed by atoms with Crippen LogP contribution >= 0.6 is 0 Å². The first-order valence-electron chi connectivity index (χ1n) is 9.00. The van der Waals surface area contributed by atoms with Gasteiger partial charge >= 0.3 is 0 Å². The zero-order chi connectivity index (χ0) is 18.9. The van der Waals surface area contributed by atoms with Crippen molar-refractivity contribution < 1.29 is 13.7 Å². The predicted molar refractivity (Wildman–Crippen MR) is 103 cm³/mol. The molecule has 2 aliphatic rings. The van der Waals surface area contributed by atoms with Gasteiger partial charge in [-0.2, -0.15) is 4.98 Å². The van der Waals surface area contributed by atoms with Crippen molar-refractivity contribution in [1.29, 1.82) is 4.78 Å². The molecular weight excluding hydrogens is 354 g/mol. The molecule has 26 heavy (non-hydrogen) atoms. The second-order valence-electron chi connectivity index (χ2n) is 7.48. The summed E-state index contributed by atoms with van der Waals surface area (Å²) in [4.78, 5) is 13.8. The number of nitrogens with zero attached hydrogens (tertiary/aromatic N) is 4. The molecule has 2 atom stereocenters. The lowest BCUT2D eigenvalue weighted by Gasteiger charge is -2.36. The van der Waals surface area contributed by atoms with E-state index in [4.69, 9.17) is 24.2 Å². The molecule has 0 radical (unpaired) electrons. The highest BCUT2D eigenvalue weighted by Gasteiger charge is 2.34. The quantitative estimate of drug-likeness (QED) is 0.841. The Balaban J connectivity index is 2.07. The van der Waals surface area contributed by atoms with Gasteiger partial charge in [0, 0.05) is 32.0 Å². The molecule has 0 saturated carbocycles. The van der Waals surface area contributed by atoms with Crippen LogP contribution in [-0.4, -0.2) is 72.5 Å². The number of morpholine rings is 2. The minimum atomic E-state index is -2.84. The van der Waals surface area contributed by atoms with Crippen molar-refractivity contribution in [2.24, 2.45) is 0 Å². The summed E-state index contributed by atoms with van der Waals surface area (Å²) in [5.41, 5.74) is 0.644. The number of anilines is 2. The van der Waals surface area contributed by atoms with Gasteiger partial charge in [0.15, 0.2) is 0 Å². The summed E-state index contributed by atoms with van der Waals surface area (Å²) >= 11 is 0. The van der Waals surface area contributed by atoms with Crippen molar-refractivity contribution in [2.45, 2.75) is 31.6 Å². The Bertz CT molecular complexity index is 747. The highest BCUT2D eigenvalue weighted by atomic mass is 32.2. The van der Waals surface area contributed by atoms with Gasteiger partial charge in [0.05, 0.1) is 52.6 Å². The zero-order valence-corrected chi connectivity index (χ0v) is 16.8. The second kappa shape index (κ2) is 7.28. The maximum atomic E-state index is 12.6. The Morgan fingerprint density at radius 3 is 2.46 bits per heavy atom. The Kier molecular flexibility index (Phi) is 5.41. The van der Waals surface area contributed by atoms with Gasteiger partial charge in [0.1, 0.15) is 5.82 Å². The molecule has 8 nitrogen and oxygen atoms in total. The fourth-order valence-corrected chi connectivity index (χ4v) is 3.55. The molecule has 1 N–H and O–H groups in total. The SMILES string of the molecule is C[C@@H]1COCCN1c1cc(C(C)(C)S(C)(=N)=O)nc(N2CCOCC2)n1. The monoisotopic (exact) mass is 383 g/mol. The molecule has 1 aromatic rings. The van der Waals surface area contributed by atoms with Crippen LogP contribution in [0.15, 0.2) is 6.07 Å². The van der Waals surface area contributed by atoms with Crippen molar-refractivity contribution in [2.75, 3.05) is 62.1 Å². The van der Waals surface area contributed by atoms with Crippen LogP contribution in [0.1, 0.15) is 26.5 Å². The molecule has 9 heteroatoms. The van der Waals surface area contributed by atoms with Gasteiger partial charge in [-0.3, -0.25) is 4.78 Å². The van der Waals surface area contributed by atoms with Crippen molar-refractivity contribution in [3.8, 4) is 0 Å². The molecule has 1 unspecified atom stereocenters. The number of aromatic nitrogens is 2. The summed E-state index contributed by atoms with van der Waals surface area (Å²) < 4.78 is 30.8. The van der Waals surface area contributed by atoms with Crippen molar-refractivity contribution in [3.05, 3.63) is 11.8 Å². The largest absolute Gasteiger partial charge is 0.378 e. The highest BCUT2D eigenvalue weighted by molar-refractivity contribution is 7.92. The number of hydrogen-bond donors (Lipinski definition) is 1. The lowest BCUT2D eigenvalue weighted by molar-refractivity contribution is 0.0985. The Morgan fingerprint density at radius 1 is 1.19 bits per heavy atom. The van der Waals surface area contributed by atoms with Gasteiger partial charge in [-0.15, -0.1) is 0 Å². The van der Waals surface area contributed by atoms with E-state index >= 15 is 0 Å². The molecule has 2 aliphatic heterocycles. The zero-order valence-electron chi connectivity index (χ0n) is 16.0. The Hall–Kier alpha value is -1.45. The molecule has 0 amide bonds. The molecule has 0 spiro atoms. The maximum absolute atomic E-state index is 12.6. The standard InChI is InChI=1S/C17H29N5O3S/c1-13-12-25-10-7-22(13)15-11-14(17(2,3)26(4,18)23)19-16(20-15)21-5-8-24-9-6-21/h11,13,18H,5-10,12H2,1-4H3/t13-,26?/m1/s1. The van der Waals surface area contributed by atoms with E-state index < -0.39 is 14.5 Å². The van der Waals surface area contributed by atoms with E-state index in [-0.39, 0.29) is 6.04 Å². The molecule has 3 heterocycles. The normalized spacial score (nSPS) is 24.4. The molecular formula is C17H29N5O3S. The third-order valence-electron chi connectivity index (χ3n) is 5.25. The van der Waals surface area contributed by atoms with Gasteiger partial charge in [0.2, 0.25) is 5.95 Å². The first kappa shape index (κ1) is 19.3. The lowest BCUT2D eigenvalue weighted by atomic mass is 10.1. The van der Waals surface area contributed by atoms with Crippen LogP contribution in [0.5, 0.6) is 0 Å². The first-order valence-corrected chi connectivity index (χ1v) is 11.0. The second-order valence-corrected chi connectivity index (χ2v) is 10.2. The first-order chi connectivity index (χ1) is 12.2. The lowest BCUT2D eigenvalue weighted by Crippen LogP contribution is -2.45. The average molecular weight is 384 g/mol. The molecule has 0 aromatic carbocycles. The molecule has 2 fully saturated rings. The van der Waals surface area contributed by atoms with E-state index in [1.54, 1.807) is 0 Å². The van der Waals surface area contributed by atoms with Crippen molar-refractivity contribution in [1.82, 2.24) is 9.97 Å². The van der Waals surface area contributed by atoms with Gasteiger partial charge in [-0.05, 0) is 20.8 Å². The summed E-state index contributed by atoms with van der Waals surface area (Å²) in [6.07, 6.45) is 1.47. The fraction of sp³-hybridized carbons (Fsp3) is 0.765. The van der Waals surface area contributed by atoms with E-state index in [1.807, 2.05) is 19.9 Å². The molecule has 2 saturated heterocycles. The van der Waals surface area contributed by atoms with E-state index in [1.165, 1.54) is 6.26 Å². The van der Waals surface area contributed by atoms with Gasteiger partial charge in [0.25, 0.3) is 0 Å². The van der Waals surface area contributed by atoms with E-state index in [9.17, 15) is 4.21 Å². The molecule has 146 valence electrons. The van der Waals surface area contributed by atoms with Crippen molar-refractivity contribution >= 4 is 21.5 Å². The summed E-state index contributed by atoms with van der Waals surface area (Å²) in [5.74, 6) is 1.43. The third-order valence-corrected chi connectivity index (χ3v) is 7.40. The third kappa shape index (κ3) is 3.79. The number of rotatable bonds is 4. The smallest absolute Gasteiger partial charge is 0.227 e. The van der Waals surface area contributed by atoms with Crippen LogP contribution in [0.25, 0.3) is 0 Å². The number of ether oxygens (including phenoxy) is 2. The number of nitrogens with one attached hydrogen (secondary N) is 1. The minimum absolute atomic E-state index is 0.203. The van der Waals surface area contributed by atoms with E-state index in [0.29, 0.717) is 38.1 Å². The highest BCUT2D eigenvalue weighted by Crippen LogP contribution is 2.32. The van der Waals surface area contributed by atoms with Crippen LogP contribution in [0.2, 0.25) is 0 Å². The molecule has 0 aliphatic carbocycles. The van der Waals surface area contributed by atoms with Gasteiger partial charge < -0.3 is 19.3 Å². The van der Waals surface area contributed by atoms with E-state index in [0.717, 1.165) is 25.5 Å². The molecule has 1 aromatic heterocycles. The van der Waals surface area contributed by atoms with Gasteiger partial charge in [-0.1, -0.05) is 0 Å². The topological polar surface area (TPSA) is 91.6 Å². The van der Waals surface area contributed by atoms with Crippen LogP contribution in [0.3, 0.4) is 0 Å².